The fraction of sp³-hybridized carbons (Fsp3) is 0.188. The lowest BCUT2D eigenvalue weighted by atomic mass is 10.2. The Morgan fingerprint density at radius 2 is 1.84 bits per heavy atom. The van der Waals surface area contributed by atoms with Crippen LogP contribution in [-0.4, -0.2) is 20.9 Å². The lowest BCUT2D eigenvalue weighted by Crippen LogP contribution is -2.25. The summed E-state index contributed by atoms with van der Waals surface area (Å²) in [6, 6.07) is 7.40. The fourth-order valence-corrected chi connectivity index (χ4v) is 3.40. The predicted molar refractivity (Wildman–Crippen MR) is 96.3 cm³/mol. The zero-order valence-electron chi connectivity index (χ0n) is 13.1. The third-order valence-electron chi connectivity index (χ3n) is 3.21. The van der Waals surface area contributed by atoms with Gasteiger partial charge in [-0.2, -0.15) is 0 Å². The third-order valence-corrected chi connectivity index (χ3v) is 5.41. The summed E-state index contributed by atoms with van der Waals surface area (Å²) in [7, 11) is -3.82. The van der Waals surface area contributed by atoms with Crippen LogP contribution in [0.25, 0.3) is 0 Å². The van der Waals surface area contributed by atoms with E-state index < -0.39 is 27.3 Å². The van der Waals surface area contributed by atoms with Crippen molar-refractivity contribution in [3.8, 4) is 0 Å². The second-order valence-electron chi connectivity index (χ2n) is 5.12. The van der Waals surface area contributed by atoms with Crippen LogP contribution >= 0.6 is 23.2 Å². The van der Waals surface area contributed by atoms with Crippen LogP contribution in [0.1, 0.15) is 23.7 Å². The molecule has 0 spiro atoms. The van der Waals surface area contributed by atoms with Crippen molar-refractivity contribution in [3.63, 3.8) is 0 Å². The Balaban J connectivity index is 2.30. The molecule has 2 aromatic rings. The van der Waals surface area contributed by atoms with Gasteiger partial charge in [-0.05, 0) is 42.8 Å². The highest BCUT2D eigenvalue weighted by atomic mass is 35.5. The van der Waals surface area contributed by atoms with Crippen LogP contribution in [0, 0.1) is 5.82 Å². The van der Waals surface area contributed by atoms with Gasteiger partial charge in [0.2, 0.25) is 10.0 Å². The average molecular weight is 405 g/mol. The Bertz CT molecular complexity index is 904. The average Bonchev–Trinajstić information content (AvgIpc) is 2.56. The van der Waals surface area contributed by atoms with Crippen molar-refractivity contribution in [1.29, 1.82) is 0 Å². The molecule has 0 bridgehead atoms. The van der Waals surface area contributed by atoms with Gasteiger partial charge >= 0.3 is 0 Å². The molecule has 0 atom stereocenters. The molecule has 0 aromatic heterocycles. The lowest BCUT2D eigenvalue weighted by Gasteiger charge is -2.10. The Labute approximate surface area is 155 Å². The van der Waals surface area contributed by atoms with Crippen LogP contribution in [0.4, 0.5) is 10.1 Å². The van der Waals surface area contributed by atoms with E-state index in [1.807, 2.05) is 6.92 Å². The maximum absolute atomic E-state index is 14.0. The van der Waals surface area contributed by atoms with Crippen LogP contribution < -0.4 is 10.0 Å². The van der Waals surface area contributed by atoms with Crippen molar-refractivity contribution in [2.75, 3.05) is 11.9 Å². The van der Waals surface area contributed by atoms with Crippen molar-refractivity contribution in [1.82, 2.24) is 4.72 Å². The van der Waals surface area contributed by atoms with Gasteiger partial charge in [0.25, 0.3) is 5.91 Å². The smallest absolute Gasteiger partial charge is 0.258 e. The summed E-state index contributed by atoms with van der Waals surface area (Å²) in [4.78, 5) is 12.1. The monoisotopic (exact) mass is 404 g/mol. The molecule has 2 rings (SSSR count). The Morgan fingerprint density at radius 3 is 2.48 bits per heavy atom. The molecule has 134 valence electrons. The van der Waals surface area contributed by atoms with E-state index in [9.17, 15) is 17.6 Å². The van der Waals surface area contributed by atoms with Crippen molar-refractivity contribution in [3.05, 3.63) is 57.8 Å². The van der Waals surface area contributed by atoms with Gasteiger partial charge in [-0.3, -0.25) is 4.79 Å². The number of rotatable bonds is 6. The molecule has 25 heavy (non-hydrogen) atoms. The van der Waals surface area contributed by atoms with Crippen molar-refractivity contribution >= 4 is 44.8 Å². The molecule has 0 radical (unpaired) electrons. The predicted octanol–water partition coefficient (Wildman–Crippen LogP) is 4.07. The van der Waals surface area contributed by atoms with Crippen molar-refractivity contribution in [2.24, 2.45) is 0 Å². The summed E-state index contributed by atoms with van der Waals surface area (Å²) in [5.41, 5.74) is -0.0957. The quantitative estimate of drug-likeness (QED) is 0.761. The van der Waals surface area contributed by atoms with Gasteiger partial charge in [0.05, 0.1) is 20.5 Å². The molecule has 5 nitrogen and oxygen atoms in total. The second-order valence-corrected chi connectivity index (χ2v) is 7.70. The molecule has 0 aliphatic rings. The summed E-state index contributed by atoms with van der Waals surface area (Å²) in [5, 5.41) is 2.98. The molecule has 2 N–H and O–H groups in total. The van der Waals surface area contributed by atoms with Crippen molar-refractivity contribution < 1.29 is 17.6 Å². The molecular weight excluding hydrogens is 390 g/mol. The summed E-state index contributed by atoms with van der Waals surface area (Å²) in [6.07, 6.45) is 0.602. The van der Waals surface area contributed by atoms with Crippen LogP contribution in [0.2, 0.25) is 10.0 Å². The van der Waals surface area contributed by atoms with E-state index in [0.29, 0.717) is 17.1 Å². The van der Waals surface area contributed by atoms with Gasteiger partial charge in [0.15, 0.2) is 0 Å². The summed E-state index contributed by atoms with van der Waals surface area (Å²) in [6.45, 7) is 2.05. The normalized spacial score (nSPS) is 11.4. The van der Waals surface area contributed by atoms with E-state index in [0.717, 1.165) is 18.2 Å². The van der Waals surface area contributed by atoms with Crippen LogP contribution in [0.5, 0.6) is 0 Å². The van der Waals surface area contributed by atoms with Crippen LogP contribution in [0.3, 0.4) is 0 Å². The Hall–Kier alpha value is -1.67. The number of nitrogens with one attached hydrogen (secondary N) is 2. The minimum Gasteiger partial charge on any atom is -0.322 e. The standard InChI is InChI=1S/C16H15Cl2FN2O3S/c1-2-7-20-25(23,24)11-4-6-15(19)12(9-11)16(22)21-10-3-5-13(17)14(18)8-10/h3-6,8-9,20H,2,7H2,1H3,(H,21,22). The number of benzene rings is 2. The Kier molecular flexibility index (Phi) is 6.40. The number of hydrogen-bond acceptors (Lipinski definition) is 3. The van der Waals surface area contributed by atoms with E-state index in [1.165, 1.54) is 18.2 Å². The highest BCUT2D eigenvalue weighted by molar-refractivity contribution is 7.89. The second kappa shape index (κ2) is 8.14. The first kappa shape index (κ1) is 19.7. The summed E-state index contributed by atoms with van der Waals surface area (Å²) >= 11 is 11.7. The summed E-state index contributed by atoms with van der Waals surface area (Å²) in [5.74, 6) is -1.64. The molecule has 0 saturated heterocycles. The molecular formula is C16H15Cl2FN2O3S. The van der Waals surface area contributed by atoms with E-state index in [4.69, 9.17) is 23.2 Å². The van der Waals surface area contributed by atoms with Gasteiger partial charge in [0.1, 0.15) is 5.82 Å². The molecule has 0 aliphatic heterocycles. The minimum absolute atomic E-state index is 0.193. The number of sulfonamides is 1. The molecule has 0 saturated carbocycles. The number of carbonyl (C=O) groups excluding carboxylic acids is 1. The number of amides is 1. The molecule has 9 heteroatoms. The van der Waals surface area contributed by atoms with Gasteiger partial charge in [-0.25, -0.2) is 17.5 Å². The maximum atomic E-state index is 14.0. The van der Waals surface area contributed by atoms with E-state index in [2.05, 4.69) is 10.0 Å². The first-order valence-corrected chi connectivity index (χ1v) is 9.54. The molecule has 2 aromatic carbocycles. The number of carbonyl (C=O) groups is 1. The molecule has 0 heterocycles. The van der Waals surface area contributed by atoms with E-state index in [1.54, 1.807) is 0 Å². The van der Waals surface area contributed by atoms with Crippen LogP contribution in [0.15, 0.2) is 41.3 Å². The lowest BCUT2D eigenvalue weighted by molar-refractivity contribution is 0.102. The van der Waals surface area contributed by atoms with Gasteiger partial charge in [0, 0.05) is 12.2 Å². The van der Waals surface area contributed by atoms with Gasteiger partial charge < -0.3 is 5.32 Å². The Morgan fingerprint density at radius 1 is 1.12 bits per heavy atom. The van der Waals surface area contributed by atoms with E-state index >= 15 is 0 Å². The van der Waals surface area contributed by atoms with Crippen molar-refractivity contribution in [2.45, 2.75) is 18.2 Å². The fourth-order valence-electron chi connectivity index (χ4n) is 1.94. The van der Waals surface area contributed by atoms with Gasteiger partial charge in [-0.1, -0.05) is 30.1 Å². The molecule has 0 unspecified atom stereocenters. The highest BCUT2D eigenvalue weighted by Gasteiger charge is 2.19. The maximum Gasteiger partial charge on any atom is 0.258 e. The largest absolute Gasteiger partial charge is 0.322 e. The molecule has 0 aliphatic carbocycles. The van der Waals surface area contributed by atoms with E-state index in [-0.39, 0.29) is 16.5 Å². The first-order valence-electron chi connectivity index (χ1n) is 7.30. The number of halogens is 3. The molecule has 0 fully saturated rings. The topological polar surface area (TPSA) is 75.3 Å². The highest BCUT2D eigenvalue weighted by Crippen LogP contribution is 2.25. The minimum atomic E-state index is -3.82. The first-order chi connectivity index (χ1) is 11.7. The molecule has 1 amide bonds. The zero-order chi connectivity index (χ0) is 18.6. The van der Waals surface area contributed by atoms with Gasteiger partial charge in [-0.15, -0.1) is 0 Å². The summed E-state index contributed by atoms with van der Waals surface area (Å²) < 4.78 is 40.6. The third kappa shape index (κ3) is 4.92. The number of anilines is 1. The number of hydrogen-bond donors (Lipinski definition) is 2. The zero-order valence-corrected chi connectivity index (χ0v) is 15.5. The van der Waals surface area contributed by atoms with Crippen LogP contribution in [-0.2, 0) is 10.0 Å². The SMILES string of the molecule is CCCNS(=O)(=O)c1ccc(F)c(C(=O)Nc2ccc(Cl)c(Cl)c2)c1.